The van der Waals surface area contributed by atoms with Crippen LogP contribution in [-0.4, -0.2) is 42.5 Å². The van der Waals surface area contributed by atoms with Gasteiger partial charge in [0, 0.05) is 19.5 Å². The number of likely N-dealkylation sites (tertiary alicyclic amines) is 1. The highest BCUT2D eigenvalue weighted by atomic mass is 16.6. The van der Waals surface area contributed by atoms with Crippen molar-refractivity contribution >= 4 is 11.8 Å². The Labute approximate surface area is 158 Å². The predicted octanol–water partition coefficient (Wildman–Crippen LogP) is 1.99. The fraction of sp³-hybridized carbons (Fsp3) is 0.333. The Morgan fingerprint density at radius 2 is 1.81 bits per heavy atom. The van der Waals surface area contributed by atoms with Gasteiger partial charge in [0.15, 0.2) is 11.5 Å². The van der Waals surface area contributed by atoms with Crippen molar-refractivity contribution in [1.29, 1.82) is 0 Å². The maximum atomic E-state index is 12.5. The van der Waals surface area contributed by atoms with Crippen molar-refractivity contribution in [1.82, 2.24) is 10.2 Å². The Balaban J connectivity index is 1.27. The van der Waals surface area contributed by atoms with E-state index in [1.165, 1.54) is 0 Å². The van der Waals surface area contributed by atoms with Crippen molar-refractivity contribution in [2.24, 2.45) is 5.92 Å². The van der Waals surface area contributed by atoms with E-state index >= 15 is 0 Å². The maximum Gasteiger partial charge on any atom is 0.225 e. The summed E-state index contributed by atoms with van der Waals surface area (Å²) in [4.78, 5) is 26.5. The number of rotatable bonds is 5. The average Bonchev–Trinajstić information content (AvgIpc) is 3.07. The molecule has 1 saturated heterocycles. The van der Waals surface area contributed by atoms with Gasteiger partial charge in [-0.15, -0.1) is 0 Å². The van der Waals surface area contributed by atoms with Crippen LogP contribution in [0.15, 0.2) is 54.6 Å². The summed E-state index contributed by atoms with van der Waals surface area (Å²) >= 11 is 0. The lowest BCUT2D eigenvalue weighted by atomic mass is 10.1. The highest BCUT2D eigenvalue weighted by Gasteiger charge is 2.34. The molecule has 6 heteroatoms. The van der Waals surface area contributed by atoms with Crippen LogP contribution in [0, 0.1) is 5.92 Å². The van der Waals surface area contributed by atoms with Gasteiger partial charge < -0.3 is 19.7 Å². The number of nitrogens with one attached hydrogen (secondary N) is 1. The van der Waals surface area contributed by atoms with Crippen LogP contribution in [0.2, 0.25) is 0 Å². The molecule has 0 spiro atoms. The van der Waals surface area contributed by atoms with E-state index in [0.717, 1.165) is 11.3 Å². The van der Waals surface area contributed by atoms with Crippen LogP contribution >= 0.6 is 0 Å². The van der Waals surface area contributed by atoms with Gasteiger partial charge in [-0.1, -0.05) is 42.5 Å². The van der Waals surface area contributed by atoms with E-state index in [1.54, 1.807) is 4.90 Å². The molecule has 2 aliphatic rings. The summed E-state index contributed by atoms with van der Waals surface area (Å²) in [5.41, 5.74) is 1.07. The van der Waals surface area contributed by atoms with E-state index in [9.17, 15) is 9.59 Å². The number of amides is 2. The summed E-state index contributed by atoms with van der Waals surface area (Å²) in [6.45, 7) is 1.74. The van der Waals surface area contributed by atoms with Gasteiger partial charge in [0.1, 0.15) is 12.7 Å². The number of nitrogens with zero attached hydrogens (tertiary/aromatic N) is 1. The second-order valence-corrected chi connectivity index (χ2v) is 6.90. The first-order chi connectivity index (χ1) is 13.2. The Morgan fingerprint density at radius 1 is 1.07 bits per heavy atom. The summed E-state index contributed by atoms with van der Waals surface area (Å²) in [5.74, 6) is 0.996. The second-order valence-electron chi connectivity index (χ2n) is 6.90. The zero-order chi connectivity index (χ0) is 18.6. The monoisotopic (exact) mass is 366 g/mol. The molecule has 4 rings (SSSR count). The molecule has 0 bridgehead atoms. The smallest absolute Gasteiger partial charge is 0.225 e. The molecular formula is C21H22N2O4. The molecule has 0 radical (unpaired) electrons. The van der Waals surface area contributed by atoms with Crippen molar-refractivity contribution in [2.45, 2.75) is 19.1 Å². The van der Waals surface area contributed by atoms with Gasteiger partial charge in [0.2, 0.25) is 11.8 Å². The highest BCUT2D eigenvalue weighted by molar-refractivity contribution is 5.89. The fourth-order valence-corrected chi connectivity index (χ4v) is 3.43. The molecule has 0 aliphatic carbocycles. The standard InChI is InChI=1S/C21H22N2O4/c24-20-10-16(13-23(20)12-15-6-2-1-3-7-15)21(25)22-11-17-14-26-18-8-4-5-9-19(18)27-17/h1-9,16-17H,10-14H2,(H,22,25)/t16-,17+/m1/s1. The number of fused-ring (bicyclic) bond motifs is 1. The minimum atomic E-state index is -0.321. The number of benzene rings is 2. The summed E-state index contributed by atoms with van der Waals surface area (Å²) in [6, 6.07) is 17.3. The molecule has 2 amide bonds. The third-order valence-corrected chi connectivity index (χ3v) is 4.87. The molecule has 27 heavy (non-hydrogen) atoms. The van der Waals surface area contributed by atoms with Crippen molar-refractivity contribution in [3.05, 3.63) is 60.2 Å². The second kappa shape index (κ2) is 7.70. The lowest BCUT2D eigenvalue weighted by molar-refractivity contribution is -0.129. The van der Waals surface area contributed by atoms with Gasteiger partial charge in [-0.3, -0.25) is 9.59 Å². The molecule has 2 aliphatic heterocycles. The quantitative estimate of drug-likeness (QED) is 0.879. The molecular weight excluding hydrogens is 344 g/mol. The third kappa shape index (κ3) is 4.05. The first kappa shape index (κ1) is 17.4. The van der Waals surface area contributed by atoms with Crippen LogP contribution < -0.4 is 14.8 Å². The normalized spacial score (nSPS) is 21.2. The summed E-state index contributed by atoms with van der Waals surface area (Å²) in [5, 5.41) is 2.91. The first-order valence-corrected chi connectivity index (χ1v) is 9.17. The third-order valence-electron chi connectivity index (χ3n) is 4.87. The number of para-hydroxylation sites is 2. The lowest BCUT2D eigenvalue weighted by Gasteiger charge is -2.26. The molecule has 2 heterocycles. The Morgan fingerprint density at radius 3 is 2.63 bits per heavy atom. The molecule has 0 saturated carbocycles. The van der Waals surface area contributed by atoms with E-state index < -0.39 is 0 Å². The first-order valence-electron chi connectivity index (χ1n) is 9.17. The molecule has 140 valence electrons. The molecule has 0 unspecified atom stereocenters. The van der Waals surface area contributed by atoms with Gasteiger partial charge >= 0.3 is 0 Å². The predicted molar refractivity (Wildman–Crippen MR) is 99.3 cm³/mol. The largest absolute Gasteiger partial charge is 0.486 e. The van der Waals surface area contributed by atoms with Crippen molar-refractivity contribution in [2.75, 3.05) is 19.7 Å². The molecule has 2 atom stereocenters. The van der Waals surface area contributed by atoms with Gasteiger partial charge in [-0.25, -0.2) is 0 Å². The molecule has 2 aromatic carbocycles. The summed E-state index contributed by atoms with van der Waals surface area (Å²) < 4.78 is 11.5. The van der Waals surface area contributed by atoms with Crippen LogP contribution in [-0.2, 0) is 16.1 Å². The summed E-state index contributed by atoms with van der Waals surface area (Å²) in [6.07, 6.45) is 0.0187. The van der Waals surface area contributed by atoms with Crippen LogP contribution in [0.5, 0.6) is 11.5 Å². The molecule has 2 aromatic rings. The zero-order valence-corrected chi connectivity index (χ0v) is 15.0. The number of carbonyl (C=O) groups excluding carboxylic acids is 2. The number of hydrogen-bond acceptors (Lipinski definition) is 4. The van der Waals surface area contributed by atoms with Gasteiger partial charge in [-0.2, -0.15) is 0 Å². The van der Waals surface area contributed by atoms with E-state index in [-0.39, 0.29) is 30.3 Å². The molecule has 1 fully saturated rings. The van der Waals surface area contributed by atoms with Gasteiger partial charge in [0.05, 0.1) is 12.5 Å². The fourth-order valence-electron chi connectivity index (χ4n) is 3.43. The Hall–Kier alpha value is -3.02. The number of carbonyl (C=O) groups is 2. The highest BCUT2D eigenvalue weighted by Crippen LogP contribution is 2.30. The van der Waals surface area contributed by atoms with Crippen molar-refractivity contribution in [3.63, 3.8) is 0 Å². The minimum absolute atomic E-state index is 0.0187. The van der Waals surface area contributed by atoms with Crippen LogP contribution in [0.3, 0.4) is 0 Å². The van der Waals surface area contributed by atoms with Crippen LogP contribution in [0.4, 0.5) is 0 Å². The van der Waals surface area contributed by atoms with E-state index in [4.69, 9.17) is 9.47 Å². The lowest BCUT2D eigenvalue weighted by Crippen LogP contribution is -2.43. The van der Waals surface area contributed by atoms with Gasteiger partial charge in [-0.05, 0) is 17.7 Å². The van der Waals surface area contributed by atoms with Crippen LogP contribution in [0.1, 0.15) is 12.0 Å². The van der Waals surface area contributed by atoms with Crippen molar-refractivity contribution < 1.29 is 19.1 Å². The van der Waals surface area contributed by atoms with E-state index in [2.05, 4.69) is 5.32 Å². The topological polar surface area (TPSA) is 67.9 Å². The summed E-state index contributed by atoms with van der Waals surface area (Å²) in [7, 11) is 0. The Kier molecular flexibility index (Phi) is 4.96. The SMILES string of the molecule is O=C(NC[C@H]1COc2ccccc2O1)[C@@H]1CC(=O)N(Cc2ccccc2)C1. The zero-order valence-electron chi connectivity index (χ0n) is 15.0. The van der Waals surface area contributed by atoms with Gasteiger partial charge in [0.25, 0.3) is 0 Å². The molecule has 1 N–H and O–H groups in total. The Bertz CT molecular complexity index is 824. The van der Waals surface area contributed by atoms with Crippen molar-refractivity contribution in [3.8, 4) is 11.5 Å². The number of ether oxygens (including phenoxy) is 2. The maximum absolute atomic E-state index is 12.5. The van der Waals surface area contributed by atoms with E-state index in [0.29, 0.717) is 32.0 Å². The number of hydrogen-bond donors (Lipinski definition) is 1. The molecule has 6 nitrogen and oxygen atoms in total. The molecule has 0 aromatic heterocycles. The van der Waals surface area contributed by atoms with E-state index in [1.807, 2.05) is 54.6 Å². The van der Waals surface area contributed by atoms with Crippen LogP contribution in [0.25, 0.3) is 0 Å². The average molecular weight is 366 g/mol. The minimum Gasteiger partial charge on any atom is -0.486 e.